The zero-order valence-corrected chi connectivity index (χ0v) is 16.7. The number of amides is 1. The Morgan fingerprint density at radius 2 is 1.59 bits per heavy atom. The van der Waals surface area contributed by atoms with E-state index in [0.717, 1.165) is 6.20 Å². The fraction of sp³-hybridized carbons (Fsp3) is 0.217. The van der Waals surface area contributed by atoms with Gasteiger partial charge in [-0.25, -0.2) is 13.8 Å². The van der Waals surface area contributed by atoms with Gasteiger partial charge >= 0.3 is 6.18 Å². The molecule has 3 rings (SSSR count). The van der Waals surface area contributed by atoms with E-state index in [9.17, 15) is 26.7 Å². The normalized spacial score (nSPS) is 11.4. The summed E-state index contributed by atoms with van der Waals surface area (Å²) in [7, 11) is 0. The molecule has 3 aromatic rings. The number of carbonyl (C=O) groups excluding carboxylic acids is 1. The highest BCUT2D eigenvalue weighted by molar-refractivity contribution is 5.93. The molecule has 4 nitrogen and oxygen atoms in total. The van der Waals surface area contributed by atoms with E-state index in [1.165, 1.54) is 36.4 Å². The molecule has 1 N–H and O–H groups in total. The van der Waals surface area contributed by atoms with Gasteiger partial charge in [-0.05, 0) is 47.9 Å². The van der Waals surface area contributed by atoms with Gasteiger partial charge in [0.25, 0.3) is 5.91 Å². The third kappa shape index (κ3) is 6.76. The summed E-state index contributed by atoms with van der Waals surface area (Å²) in [5.41, 5.74) is 1.41. The summed E-state index contributed by atoms with van der Waals surface area (Å²) in [4.78, 5) is 16.0. The maximum atomic E-state index is 13.7. The molecule has 9 heteroatoms. The number of hydrogen-bond donors (Lipinski definition) is 1. The Bertz CT molecular complexity index is 1010. The number of aromatic nitrogens is 1. The van der Waals surface area contributed by atoms with Crippen LogP contribution < -0.4 is 10.1 Å². The predicted octanol–water partition coefficient (Wildman–Crippen LogP) is 5.25. The van der Waals surface area contributed by atoms with Crippen molar-refractivity contribution in [3.8, 4) is 5.88 Å². The summed E-state index contributed by atoms with van der Waals surface area (Å²) in [6, 6.07) is 14.4. The topological polar surface area (TPSA) is 51.2 Å². The van der Waals surface area contributed by atoms with Crippen LogP contribution in [-0.4, -0.2) is 30.2 Å². The van der Waals surface area contributed by atoms with Crippen LogP contribution in [0.15, 0.2) is 66.9 Å². The lowest BCUT2D eigenvalue weighted by Crippen LogP contribution is -2.26. The first kappa shape index (κ1) is 23.2. The Kier molecular flexibility index (Phi) is 7.40. The molecule has 1 aromatic heterocycles. The second kappa shape index (κ2) is 10.2. The third-order valence-electron chi connectivity index (χ3n) is 4.60. The van der Waals surface area contributed by atoms with Gasteiger partial charge in [-0.1, -0.05) is 24.3 Å². The van der Waals surface area contributed by atoms with E-state index in [4.69, 9.17) is 0 Å². The molecule has 32 heavy (non-hydrogen) atoms. The molecule has 1 amide bonds. The quantitative estimate of drug-likeness (QED) is 0.477. The molecule has 0 spiro atoms. The molecule has 0 aliphatic carbocycles. The fourth-order valence-electron chi connectivity index (χ4n) is 3.16. The van der Waals surface area contributed by atoms with Crippen LogP contribution in [0.3, 0.4) is 0 Å². The average molecular weight is 450 g/mol. The number of pyridine rings is 1. The third-order valence-corrected chi connectivity index (χ3v) is 4.60. The highest BCUT2D eigenvalue weighted by atomic mass is 19.4. The van der Waals surface area contributed by atoms with Crippen molar-refractivity contribution in [1.29, 1.82) is 0 Å². The highest BCUT2D eigenvalue weighted by Crippen LogP contribution is 2.28. The molecular weight excluding hydrogens is 431 g/mol. The van der Waals surface area contributed by atoms with E-state index >= 15 is 0 Å². The second-order valence-corrected chi connectivity index (χ2v) is 7.00. The lowest BCUT2D eigenvalue weighted by molar-refractivity contribution is -0.154. The molecule has 2 aromatic carbocycles. The van der Waals surface area contributed by atoms with Crippen molar-refractivity contribution in [3.05, 3.63) is 95.2 Å². The fourth-order valence-corrected chi connectivity index (χ4v) is 3.16. The van der Waals surface area contributed by atoms with Gasteiger partial charge in [-0.15, -0.1) is 0 Å². The molecule has 0 fully saturated rings. The summed E-state index contributed by atoms with van der Waals surface area (Å²) in [6.07, 6.45) is -3.02. The van der Waals surface area contributed by atoms with Crippen LogP contribution >= 0.6 is 0 Å². The number of benzene rings is 2. The smallest absolute Gasteiger partial charge is 0.422 e. The summed E-state index contributed by atoms with van der Waals surface area (Å²) in [5.74, 6) is -1.95. The van der Waals surface area contributed by atoms with Gasteiger partial charge in [-0.3, -0.25) is 4.79 Å². The second-order valence-electron chi connectivity index (χ2n) is 7.00. The molecule has 1 heterocycles. The van der Waals surface area contributed by atoms with Crippen LogP contribution in [0.2, 0.25) is 0 Å². The summed E-state index contributed by atoms with van der Waals surface area (Å²) in [5, 5.41) is 2.69. The first-order valence-corrected chi connectivity index (χ1v) is 9.66. The Labute approximate surface area is 181 Å². The van der Waals surface area contributed by atoms with Crippen molar-refractivity contribution in [3.63, 3.8) is 0 Å². The Morgan fingerprint density at radius 1 is 0.969 bits per heavy atom. The molecule has 0 radical (unpaired) electrons. The molecule has 0 atom stereocenters. The van der Waals surface area contributed by atoms with Gasteiger partial charge in [0, 0.05) is 24.7 Å². The molecule has 0 bridgehead atoms. The van der Waals surface area contributed by atoms with Crippen molar-refractivity contribution in [2.75, 3.05) is 13.2 Å². The van der Waals surface area contributed by atoms with E-state index in [1.54, 1.807) is 24.3 Å². The number of hydrogen-bond acceptors (Lipinski definition) is 3. The van der Waals surface area contributed by atoms with Crippen LogP contribution in [-0.2, 0) is 0 Å². The predicted molar refractivity (Wildman–Crippen MR) is 107 cm³/mol. The van der Waals surface area contributed by atoms with Gasteiger partial charge in [-0.2, -0.15) is 13.2 Å². The maximum Gasteiger partial charge on any atom is 0.422 e. The van der Waals surface area contributed by atoms with Crippen LogP contribution in [0.5, 0.6) is 5.88 Å². The van der Waals surface area contributed by atoms with E-state index in [1.807, 2.05) is 0 Å². The van der Waals surface area contributed by atoms with Gasteiger partial charge in [0.15, 0.2) is 6.61 Å². The number of ether oxygens (including phenoxy) is 1. The Morgan fingerprint density at radius 3 is 2.09 bits per heavy atom. The van der Waals surface area contributed by atoms with Crippen LogP contribution in [0.25, 0.3) is 0 Å². The summed E-state index contributed by atoms with van der Waals surface area (Å²) >= 11 is 0. The van der Waals surface area contributed by atoms with Gasteiger partial charge in [0.1, 0.15) is 11.6 Å². The Hall–Kier alpha value is -3.49. The van der Waals surface area contributed by atoms with Crippen LogP contribution in [0.1, 0.15) is 33.8 Å². The molecule has 0 aliphatic heterocycles. The number of carbonyl (C=O) groups is 1. The van der Waals surface area contributed by atoms with Crippen LogP contribution in [0.4, 0.5) is 22.0 Å². The number of alkyl halides is 3. The lowest BCUT2D eigenvalue weighted by atomic mass is 9.88. The molecule has 0 saturated heterocycles. The standard InChI is InChI=1S/C23H19F5N2O2/c24-18-5-1-3-15(11-18)20(16-4-2-6-19(25)12-16)9-10-29-22(31)17-7-8-21(30-13-17)32-14-23(26,27)28/h1-8,11-13,20H,9-10,14H2,(H,29,31). The zero-order valence-electron chi connectivity index (χ0n) is 16.7. The largest absolute Gasteiger partial charge is 0.468 e. The number of halogens is 5. The van der Waals surface area contributed by atoms with E-state index in [2.05, 4.69) is 15.0 Å². The van der Waals surface area contributed by atoms with Crippen molar-refractivity contribution < 1.29 is 31.5 Å². The van der Waals surface area contributed by atoms with Crippen molar-refractivity contribution >= 4 is 5.91 Å². The van der Waals surface area contributed by atoms with Crippen molar-refractivity contribution in [1.82, 2.24) is 10.3 Å². The van der Waals surface area contributed by atoms with E-state index < -0.39 is 30.3 Å². The monoisotopic (exact) mass is 450 g/mol. The number of nitrogens with one attached hydrogen (secondary N) is 1. The summed E-state index contributed by atoms with van der Waals surface area (Å²) in [6.45, 7) is -1.30. The van der Waals surface area contributed by atoms with Gasteiger partial charge in [0.2, 0.25) is 5.88 Å². The summed E-state index contributed by atoms with van der Waals surface area (Å²) < 4.78 is 68.5. The molecule has 168 valence electrons. The molecule has 0 saturated carbocycles. The maximum absolute atomic E-state index is 13.7. The van der Waals surface area contributed by atoms with E-state index in [-0.39, 0.29) is 23.9 Å². The lowest BCUT2D eigenvalue weighted by Gasteiger charge is -2.19. The molecular formula is C23H19F5N2O2. The first-order valence-electron chi connectivity index (χ1n) is 9.66. The minimum absolute atomic E-state index is 0.136. The number of nitrogens with zero attached hydrogens (tertiary/aromatic N) is 1. The Balaban J connectivity index is 1.63. The molecule has 0 aliphatic rings. The average Bonchev–Trinajstić information content (AvgIpc) is 2.75. The molecule has 0 unspecified atom stereocenters. The SMILES string of the molecule is O=C(NCCC(c1cccc(F)c1)c1cccc(F)c1)c1ccc(OCC(F)(F)F)nc1. The minimum atomic E-state index is -4.49. The minimum Gasteiger partial charge on any atom is -0.468 e. The zero-order chi connectivity index (χ0) is 23.1. The van der Waals surface area contributed by atoms with Gasteiger partial charge in [0.05, 0.1) is 5.56 Å². The highest BCUT2D eigenvalue weighted by Gasteiger charge is 2.28. The van der Waals surface area contributed by atoms with Gasteiger partial charge < -0.3 is 10.1 Å². The van der Waals surface area contributed by atoms with Crippen molar-refractivity contribution in [2.45, 2.75) is 18.5 Å². The van der Waals surface area contributed by atoms with E-state index in [0.29, 0.717) is 17.5 Å². The first-order chi connectivity index (χ1) is 15.2. The van der Waals surface area contributed by atoms with Crippen LogP contribution in [0, 0.1) is 11.6 Å². The van der Waals surface area contributed by atoms with Crippen molar-refractivity contribution in [2.24, 2.45) is 0 Å². The number of rotatable bonds is 8.